The molecule has 0 spiro atoms. The summed E-state index contributed by atoms with van der Waals surface area (Å²) in [6.45, 7) is 0. The van der Waals surface area contributed by atoms with Crippen LogP contribution in [0.1, 0.15) is 18.5 Å². The Morgan fingerprint density at radius 2 is 2.00 bits per heavy atom. The van der Waals surface area contributed by atoms with Crippen LogP contribution in [0.15, 0.2) is 35.4 Å². The van der Waals surface area contributed by atoms with Gasteiger partial charge in [0.05, 0.1) is 23.9 Å². The van der Waals surface area contributed by atoms with Gasteiger partial charge in [-0.3, -0.25) is 5.32 Å². The molecule has 1 aliphatic rings. The SMILES string of the molecule is COC(=O)Nc1cc(Nc2cc(NC3CC3)c3ncc(C#N)n3n2)cc(S(C)(=O)=O)c1. The summed E-state index contributed by atoms with van der Waals surface area (Å²) in [5.74, 6) is 0.361. The number of anilines is 4. The lowest BCUT2D eigenvalue weighted by Crippen LogP contribution is -2.12. The van der Waals surface area contributed by atoms with Crippen LogP contribution in [0.5, 0.6) is 0 Å². The fourth-order valence-electron chi connectivity index (χ4n) is 2.93. The number of aromatic nitrogens is 3. The molecule has 1 aromatic carbocycles. The molecular formula is C19H19N7O4S. The van der Waals surface area contributed by atoms with E-state index in [0.29, 0.717) is 28.9 Å². The van der Waals surface area contributed by atoms with Gasteiger partial charge in [-0.05, 0) is 31.0 Å². The molecule has 1 amide bonds. The van der Waals surface area contributed by atoms with Crippen molar-refractivity contribution in [1.82, 2.24) is 14.6 Å². The Morgan fingerprint density at radius 3 is 2.65 bits per heavy atom. The van der Waals surface area contributed by atoms with E-state index in [4.69, 9.17) is 0 Å². The maximum absolute atomic E-state index is 12.1. The van der Waals surface area contributed by atoms with E-state index in [9.17, 15) is 18.5 Å². The molecular weight excluding hydrogens is 422 g/mol. The number of methoxy groups -OCH3 is 1. The highest BCUT2D eigenvalue weighted by atomic mass is 32.2. The molecule has 0 unspecified atom stereocenters. The summed E-state index contributed by atoms with van der Waals surface area (Å²) in [6, 6.07) is 8.43. The van der Waals surface area contributed by atoms with E-state index in [-0.39, 0.29) is 16.3 Å². The van der Waals surface area contributed by atoms with E-state index >= 15 is 0 Å². The van der Waals surface area contributed by atoms with Crippen molar-refractivity contribution < 1.29 is 17.9 Å². The summed E-state index contributed by atoms with van der Waals surface area (Å²) < 4.78 is 30.2. The van der Waals surface area contributed by atoms with Crippen molar-refractivity contribution in [3.8, 4) is 6.07 Å². The molecule has 12 heteroatoms. The zero-order chi connectivity index (χ0) is 22.2. The molecule has 160 valence electrons. The second-order valence-electron chi connectivity index (χ2n) is 7.11. The summed E-state index contributed by atoms with van der Waals surface area (Å²) in [7, 11) is -2.35. The number of ether oxygens (including phenoxy) is 1. The van der Waals surface area contributed by atoms with E-state index in [2.05, 4.69) is 30.8 Å². The number of fused-ring (bicyclic) bond motifs is 1. The van der Waals surface area contributed by atoms with Crippen LogP contribution in [0.3, 0.4) is 0 Å². The Bertz CT molecular complexity index is 1320. The largest absolute Gasteiger partial charge is 0.453 e. The third kappa shape index (κ3) is 4.51. The number of carbonyl (C=O) groups is 1. The third-order valence-corrected chi connectivity index (χ3v) is 5.65. The standard InChI is InChI=1S/C19H19N7O4S/c1-30-19(27)24-13-5-12(6-15(7-13)31(2,28)29)23-17-8-16(22-11-3-4-11)18-21-10-14(9-20)26(18)25-17/h5-8,10-11,22H,3-4H2,1-2H3,(H,23,25)(H,24,27). The number of nitrogens with zero attached hydrogens (tertiary/aromatic N) is 4. The first-order valence-electron chi connectivity index (χ1n) is 9.29. The van der Waals surface area contributed by atoms with Crippen molar-refractivity contribution in [2.24, 2.45) is 0 Å². The van der Waals surface area contributed by atoms with Crippen LogP contribution in [0.2, 0.25) is 0 Å². The zero-order valence-corrected chi connectivity index (χ0v) is 17.5. The van der Waals surface area contributed by atoms with Gasteiger partial charge < -0.3 is 15.4 Å². The Kier molecular flexibility index (Phi) is 5.12. The number of hydrogen-bond acceptors (Lipinski definition) is 9. The summed E-state index contributed by atoms with van der Waals surface area (Å²) in [6.07, 6.45) is 3.86. The van der Waals surface area contributed by atoms with E-state index in [0.717, 1.165) is 19.1 Å². The first kappa shape index (κ1) is 20.4. The average molecular weight is 441 g/mol. The fraction of sp³-hybridized carbons (Fsp3) is 0.263. The van der Waals surface area contributed by atoms with E-state index < -0.39 is 15.9 Å². The highest BCUT2D eigenvalue weighted by Gasteiger charge is 2.23. The normalized spacial score (nSPS) is 13.5. The lowest BCUT2D eigenvalue weighted by molar-refractivity contribution is 0.187. The summed E-state index contributed by atoms with van der Waals surface area (Å²) in [5, 5.41) is 22.6. The molecule has 0 saturated heterocycles. The van der Waals surface area contributed by atoms with Crippen LogP contribution in [-0.4, -0.2) is 48.5 Å². The van der Waals surface area contributed by atoms with Crippen molar-refractivity contribution in [2.75, 3.05) is 29.3 Å². The molecule has 4 rings (SSSR count). The number of carbonyl (C=O) groups excluding carboxylic acids is 1. The average Bonchev–Trinajstić information content (AvgIpc) is 3.43. The lowest BCUT2D eigenvalue weighted by atomic mass is 10.2. The Hall–Kier alpha value is -3.85. The minimum Gasteiger partial charge on any atom is -0.453 e. The second kappa shape index (κ2) is 7.77. The first-order chi connectivity index (χ1) is 14.8. The van der Waals surface area contributed by atoms with E-state index in [1.807, 2.05) is 6.07 Å². The third-order valence-electron chi connectivity index (χ3n) is 4.56. The summed E-state index contributed by atoms with van der Waals surface area (Å²) >= 11 is 0. The number of sulfone groups is 1. The lowest BCUT2D eigenvalue weighted by Gasteiger charge is -2.13. The molecule has 1 saturated carbocycles. The number of imidazole rings is 1. The van der Waals surface area contributed by atoms with Crippen LogP contribution in [-0.2, 0) is 14.6 Å². The molecule has 11 nitrogen and oxygen atoms in total. The number of amides is 1. The van der Waals surface area contributed by atoms with Crippen LogP contribution in [0, 0.1) is 11.3 Å². The molecule has 0 radical (unpaired) electrons. The first-order valence-corrected chi connectivity index (χ1v) is 11.2. The second-order valence-corrected chi connectivity index (χ2v) is 9.13. The van der Waals surface area contributed by atoms with Gasteiger partial charge in [0, 0.05) is 29.7 Å². The van der Waals surface area contributed by atoms with Gasteiger partial charge in [-0.2, -0.15) is 9.78 Å². The van der Waals surface area contributed by atoms with Crippen LogP contribution < -0.4 is 16.0 Å². The van der Waals surface area contributed by atoms with Crippen molar-refractivity contribution in [1.29, 1.82) is 5.26 Å². The van der Waals surface area contributed by atoms with Gasteiger partial charge in [0.25, 0.3) is 0 Å². The molecule has 0 bridgehead atoms. The molecule has 0 atom stereocenters. The van der Waals surface area contributed by atoms with E-state index in [1.165, 1.54) is 30.0 Å². The Labute approximate surface area is 178 Å². The molecule has 3 N–H and O–H groups in total. The Morgan fingerprint density at radius 1 is 1.26 bits per heavy atom. The monoisotopic (exact) mass is 441 g/mol. The maximum atomic E-state index is 12.1. The molecule has 0 aliphatic heterocycles. The molecule has 3 aromatic rings. The van der Waals surface area contributed by atoms with Crippen LogP contribution in [0.4, 0.5) is 27.7 Å². The van der Waals surface area contributed by atoms with Crippen molar-refractivity contribution in [3.63, 3.8) is 0 Å². The van der Waals surface area contributed by atoms with Crippen molar-refractivity contribution in [3.05, 3.63) is 36.2 Å². The zero-order valence-electron chi connectivity index (χ0n) is 16.7. The smallest absolute Gasteiger partial charge is 0.411 e. The quantitative estimate of drug-likeness (QED) is 0.524. The molecule has 1 aliphatic carbocycles. The number of nitrogens with one attached hydrogen (secondary N) is 3. The molecule has 1 fully saturated rings. The number of benzene rings is 1. The minimum absolute atomic E-state index is 0.00153. The fourth-order valence-corrected chi connectivity index (χ4v) is 3.62. The molecule has 2 heterocycles. The van der Waals surface area contributed by atoms with Gasteiger partial charge >= 0.3 is 6.09 Å². The van der Waals surface area contributed by atoms with Gasteiger partial charge in [-0.25, -0.2) is 18.2 Å². The summed E-state index contributed by atoms with van der Waals surface area (Å²) in [4.78, 5) is 15.9. The molecule has 31 heavy (non-hydrogen) atoms. The van der Waals surface area contributed by atoms with Gasteiger partial charge in [0.1, 0.15) is 6.07 Å². The number of hydrogen-bond donors (Lipinski definition) is 3. The predicted octanol–water partition coefficient (Wildman–Crippen LogP) is 2.50. The van der Waals surface area contributed by atoms with Gasteiger partial charge in [-0.15, -0.1) is 5.10 Å². The van der Waals surface area contributed by atoms with E-state index in [1.54, 1.807) is 12.1 Å². The van der Waals surface area contributed by atoms with Crippen molar-refractivity contribution in [2.45, 2.75) is 23.8 Å². The summed E-state index contributed by atoms with van der Waals surface area (Å²) in [5.41, 5.74) is 2.09. The van der Waals surface area contributed by atoms with Crippen LogP contribution >= 0.6 is 0 Å². The number of rotatable bonds is 6. The topological polar surface area (TPSA) is 151 Å². The highest BCUT2D eigenvalue weighted by Crippen LogP contribution is 2.30. The minimum atomic E-state index is -3.56. The predicted molar refractivity (Wildman–Crippen MR) is 113 cm³/mol. The van der Waals surface area contributed by atoms with Crippen LogP contribution in [0.25, 0.3) is 5.65 Å². The van der Waals surface area contributed by atoms with Gasteiger partial charge in [-0.1, -0.05) is 0 Å². The number of nitriles is 1. The van der Waals surface area contributed by atoms with Crippen molar-refractivity contribution >= 4 is 44.5 Å². The van der Waals surface area contributed by atoms with Gasteiger partial charge in [0.2, 0.25) is 0 Å². The van der Waals surface area contributed by atoms with Gasteiger partial charge in [0.15, 0.2) is 27.0 Å². The Balaban J connectivity index is 1.76. The molecule has 2 aromatic heterocycles. The highest BCUT2D eigenvalue weighted by molar-refractivity contribution is 7.90. The maximum Gasteiger partial charge on any atom is 0.411 e.